The third-order valence-electron chi connectivity index (χ3n) is 4.99. The van der Waals surface area contributed by atoms with Crippen molar-refractivity contribution in [3.05, 3.63) is 35.4 Å². The predicted molar refractivity (Wildman–Crippen MR) is 104 cm³/mol. The normalized spacial score (nSPS) is 12.8. The summed E-state index contributed by atoms with van der Waals surface area (Å²) in [4.78, 5) is 15.0. The Hall–Kier alpha value is -2.08. The smallest absolute Gasteiger partial charge is 0.292 e. The first-order chi connectivity index (χ1) is 12.4. The Morgan fingerprint density at radius 1 is 1.27 bits per heavy atom. The Bertz CT molecular complexity index is 713. The number of aromatic nitrogens is 2. The second-order valence-corrected chi connectivity index (χ2v) is 6.97. The van der Waals surface area contributed by atoms with Crippen molar-refractivity contribution in [3.63, 3.8) is 0 Å². The molecule has 1 amide bonds. The number of carbonyl (C=O) groups is 1. The van der Waals surface area contributed by atoms with Crippen LogP contribution in [0.15, 0.2) is 22.7 Å². The number of hydrogen-bond acceptors (Lipinski definition) is 4. The molecular weight excluding hydrogens is 328 g/mol. The lowest BCUT2D eigenvalue weighted by atomic mass is 10.1. The number of nitrogens with zero attached hydrogens (tertiary/aromatic N) is 3. The van der Waals surface area contributed by atoms with Crippen molar-refractivity contribution in [1.29, 1.82) is 0 Å². The number of nitrogens with one attached hydrogen (secondary N) is 1. The lowest BCUT2D eigenvalue weighted by molar-refractivity contribution is 0.0993. The van der Waals surface area contributed by atoms with E-state index in [-0.39, 0.29) is 11.9 Å². The second-order valence-electron chi connectivity index (χ2n) is 6.97. The van der Waals surface area contributed by atoms with Crippen molar-refractivity contribution in [2.24, 2.45) is 5.92 Å². The summed E-state index contributed by atoms with van der Waals surface area (Å²) < 4.78 is 7.69. The third-order valence-corrected chi connectivity index (χ3v) is 4.99. The summed E-state index contributed by atoms with van der Waals surface area (Å²) in [7, 11) is 0. The topological polar surface area (TPSA) is 63.3 Å². The number of aryl methyl sites for hydroxylation is 1. The average Bonchev–Trinajstić information content (AvgIpc) is 3.25. The van der Waals surface area contributed by atoms with Gasteiger partial charge in [-0.3, -0.25) is 9.69 Å². The number of carbonyl (C=O) groups excluding carboxylic acids is 1. The van der Waals surface area contributed by atoms with Crippen LogP contribution in [0, 0.1) is 5.92 Å². The molecule has 1 atom stereocenters. The van der Waals surface area contributed by atoms with E-state index in [0.717, 1.165) is 37.4 Å². The van der Waals surface area contributed by atoms with Gasteiger partial charge in [0.25, 0.3) is 5.91 Å². The van der Waals surface area contributed by atoms with Gasteiger partial charge in [-0.15, -0.1) is 0 Å². The highest BCUT2D eigenvalue weighted by molar-refractivity contribution is 6.01. The first kappa shape index (κ1) is 20.2. The Morgan fingerprint density at radius 2 is 1.96 bits per heavy atom. The van der Waals surface area contributed by atoms with E-state index in [9.17, 15) is 4.79 Å². The molecule has 26 heavy (non-hydrogen) atoms. The van der Waals surface area contributed by atoms with E-state index in [4.69, 9.17) is 4.42 Å². The number of furan rings is 1. The molecule has 0 radical (unpaired) electrons. The summed E-state index contributed by atoms with van der Waals surface area (Å²) in [6.07, 6.45) is 2.48. The summed E-state index contributed by atoms with van der Waals surface area (Å²) in [5, 5.41) is 7.29. The Balaban J connectivity index is 2.18. The van der Waals surface area contributed by atoms with Gasteiger partial charge in [0.15, 0.2) is 5.76 Å². The van der Waals surface area contributed by atoms with Crippen molar-refractivity contribution < 1.29 is 9.21 Å². The Morgan fingerprint density at radius 3 is 2.54 bits per heavy atom. The van der Waals surface area contributed by atoms with E-state index in [1.165, 1.54) is 0 Å². The monoisotopic (exact) mass is 360 g/mol. The highest BCUT2D eigenvalue weighted by Crippen LogP contribution is 2.23. The molecule has 2 rings (SSSR count). The minimum atomic E-state index is -0.233. The molecule has 0 spiro atoms. The van der Waals surface area contributed by atoms with E-state index in [1.807, 2.05) is 23.7 Å². The van der Waals surface area contributed by atoms with Gasteiger partial charge in [-0.1, -0.05) is 34.6 Å². The standard InChI is InChI=1S/C20H32N4O2/c1-7-17-16(13-23(8-2)9-3)12-18(26-17)20(25)22-19-10-11-21-24(19)15(6)14(4)5/h10-12,14-15H,7-9,13H2,1-6H3,(H,22,25). The van der Waals surface area contributed by atoms with E-state index in [2.05, 4.69) is 49.9 Å². The molecule has 144 valence electrons. The summed E-state index contributed by atoms with van der Waals surface area (Å²) in [6.45, 7) is 15.4. The van der Waals surface area contributed by atoms with Crippen LogP contribution in [0.2, 0.25) is 0 Å². The molecule has 0 bridgehead atoms. The zero-order valence-corrected chi connectivity index (χ0v) is 16.9. The molecule has 0 fully saturated rings. The molecule has 0 aliphatic rings. The molecule has 0 aliphatic heterocycles. The molecule has 0 saturated carbocycles. The SMILES string of the molecule is CCc1oc(C(=O)Nc2ccnn2C(C)C(C)C)cc1CN(CC)CC. The first-order valence-corrected chi connectivity index (χ1v) is 9.59. The van der Waals surface area contributed by atoms with Gasteiger partial charge in [0.2, 0.25) is 0 Å². The minimum absolute atomic E-state index is 0.196. The van der Waals surface area contributed by atoms with Gasteiger partial charge in [0.05, 0.1) is 12.2 Å². The van der Waals surface area contributed by atoms with Crippen LogP contribution in [0.25, 0.3) is 0 Å². The highest BCUT2D eigenvalue weighted by Gasteiger charge is 2.20. The minimum Gasteiger partial charge on any atom is -0.456 e. The fourth-order valence-electron chi connectivity index (χ4n) is 2.90. The van der Waals surface area contributed by atoms with Crippen LogP contribution >= 0.6 is 0 Å². The molecule has 0 aromatic carbocycles. The van der Waals surface area contributed by atoms with E-state index < -0.39 is 0 Å². The number of rotatable bonds is 9. The Kier molecular flexibility index (Phi) is 7.03. The van der Waals surface area contributed by atoms with Gasteiger partial charge >= 0.3 is 0 Å². The van der Waals surface area contributed by atoms with Crippen molar-refractivity contribution in [3.8, 4) is 0 Å². The van der Waals surface area contributed by atoms with Crippen LogP contribution in [-0.4, -0.2) is 33.7 Å². The van der Waals surface area contributed by atoms with Crippen molar-refractivity contribution in [1.82, 2.24) is 14.7 Å². The molecule has 1 N–H and O–H groups in total. The lowest BCUT2D eigenvalue weighted by Crippen LogP contribution is -2.22. The van der Waals surface area contributed by atoms with Gasteiger partial charge < -0.3 is 9.73 Å². The summed E-state index contributed by atoms with van der Waals surface area (Å²) in [5.74, 6) is 2.11. The molecule has 1 unspecified atom stereocenters. The average molecular weight is 361 g/mol. The zero-order chi connectivity index (χ0) is 19.3. The fraction of sp³-hybridized carbons (Fsp3) is 0.600. The number of anilines is 1. The van der Waals surface area contributed by atoms with Gasteiger partial charge in [-0.2, -0.15) is 5.10 Å². The van der Waals surface area contributed by atoms with Gasteiger partial charge in [-0.25, -0.2) is 4.68 Å². The first-order valence-electron chi connectivity index (χ1n) is 9.59. The molecule has 2 aromatic heterocycles. The largest absolute Gasteiger partial charge is 0.456 e. The molecule has 2 heterocycles. The highest BCUT2D eigenvalue weighted by atomic mass is 16.4. The molecule has 0 aliphatic carbocycles. The van der Waals surface area contributed by atoms with Crippen molar-refractivity contribution >= 4 is 11.7 Å². The molecule has 6 heteroatoms. The van der Waals surface area contributed by atoms with Crippen molar-refractivity contribution in [2.45, 2.75) is 60.5 Å². The van der Waals surface area contributed by atoms with Gasteiger partial charge in [-0.05, 0) is 32.0 Å². The maximum absolute atomic E-state index is 12.7. The van der Waals surface area contributed by atoms with E-state index in [0.29, 0.717) is 17.5 Å². The predicted octanol–water partition coefficient (Wildman–Crippen LogP) is 4.35. The van der Waals surface area contributed by atoms with Gasteiger partial charge in [0, 0.05) is 24.6 Å². The van der Waals surface area contributed by atoms with Crippen LogP contribution in [0.5, 0.6) is 0 Å². The molecule has 0 saturated heterocycles. The molecule has 6 nitrogen and oxygen atoms in total. The summed E-state index contributed by atoms with van der Waals surface area (Å²) in [5.41, 5.74) is 1.09. The van der Waals surface area contributed by atoms with Gasteiger partial charge in [0.1, 0.15) is 11.6 Å². The maximum atomic E-state index is 12.7. The summed E-state index contributed by atoms with van der Waals surface area (Å²) in [6, 6.07) is 3.89. The van der Waals surface area contributed by atoms with E-state index >= 15 is 0 Å². The number of amides is 1. The zero-order valence-electron chi connectivity index (χ0n) is 16.9. The third kappa shape index (κ3) is 4.55. The summed E-state index contributed by atoms with van der Waals surface area (Å²) >= 11 is 0. The maximum Gasteiger partial charge on any atom is 0.292 e. The van der Waals surface area contributed by atoms with Crippen LogP contribution in [0.4, 0.5) is 5.82 Å². The number of hydrogen-bond donors (Lipinski definition) is 1. The van der Waals surface area contributed by atoms with Crippen LogP contribution in [-0.2, 0) is 13.0 Å². The molecule has 2 aromatic rings. The lowest BCUT2D eigenvalue weighted by Gasteiger charge is -2.19. The van der Waals surface area contributed by atoms with Crippen LogP contribution < -0.4 is 5.32 Å². The van der Waals surface area contributed by atoms with Crippen LogP contribution in [0.1, 0.15) is 69.5 Å². The van der Waals surface area contributed by atoms with E-state index in [1.54, 1.807) is 6.20 Å². The quantitative estimate of drug-likeness (QED) is 0.722. The second kappa shape index (κ2) is 9.03. The molecular formula is C20H32N4O2. The van der Waals surface area contributed by atoms with Crippen molar-refractivity contribution in [2.75, 3.05) is 18.4 Å². The Labute approximate surface area is 156 Å². The van der Waals surface area contributed by atoms with Crippen LogP contribution in [0.3, 0.4) is 0 Å². The fourth-order valence-corrected chi connectivity index (χ4v) is 2.90.